The van der Waals surface area contributed by atoms with Crippen LogP contribution in [-0.4, -0.2) is 18.0 Å². The lowest BCUT2D eigenvalue weighted by atomic mass is 10.2. The summed E-state index contributed by atoms with van der Waals surface area (Å²) < 4.78 is 1.06. The quantitative estimate of drug-likeness (QED) is 0.426. The molecule has 0 aromatic heterocycles. The number of non-ortho nitro benzene ring substituents is 1. The monoisotopic (exact) mass is 383 g/mol. The van der Waals surface area contributed by atoms with Gasteiger partial charge in [0.05, 0.1) is 15.6 Å². The van der Waals surface area contributed by atoms with E-state index in [9.17, 15) is 10.1 Å². The van der Waals surface area contributed by atoms with Gasteiger partial charge in [0, 0.05) is 36.2 Å². The normalized spacial score (nSPS) is 10.5. The Bertz CT molecular complexity index is 650. The highest BCUT2D eigenvalue weighted by molar-refractivity contribution is 9.10. The summed E-state index contributed by atoms with van der Waals surface area (Å²) in [6, 6.07) is 12.5. The number of nitrogens with one attached hydrogen (secondary N) is 2. The first kappa shape index (κ1) is 16.7. The van der Waals surface area contributed by atoms with Crippen molar-refractivity contribution in [2.24, 2.45) is 0 Å². The van der Waals surface area contributed by atoms with Gasteiger partial charge in [0.25, 0.3) is 5.69 Å². The highest BCUT2D eigenvalue weighted by Crippen LogP contribution is 2.26. The van der Waals surface area contributed by atoms with E-state index in [1.807, 2.05) is 12.1 Å². The van der Waals surface area contributed by atoms with Crippen LogP contribution in [-0.2, 0) is 6.54 Å². The lowest BCUT2D eigenvalue weighted by molar-refractivity contribution is -0.384. The van der Waals surface area contributed by atoms with Crippen LogP contribution in [0.15, 0.2) is 46.9 Å². The molecule has 5 nitrogen and oxygen atoms in total. The number of benzene rings is 2. The number of hydrogen-bond acceptors (Lipinski definition) is 4. The summed E-state index contributed by atoms with van der Waals surface area (Å²) in [7, 11) is 0. The molecule has 0 radical (unpaired) electrons. The zero-order valence-corrected chi connectivity index (χ0v) is 14.0. The van der Waals surface area contributed by atoms with Gasteiger partial charge in [-0.2, -0.15) is 0 Å². The maximum Gasteiger partial charge on any atom is 0.271 e. The maximum atomic E-state index is 10.6. The van der Waals surface area contributed by atoms with E-state index in [1.54, 1.807) is 6.07 Å². The molecule has 0 aliphatic carbocycles. The number of hydrogen-bond donors (Lipinski definition) is 2. The first-order chi connectivity index (χ1) is 10.6. The minimum Gasteiger partial charge on any atom is -0.383 e. The predicted octanol–water partition coefficient (Wildman–Crippen LogP) is 4.21. The van der Waals surface area contributed by atoms with E-state index in [2.05, 4.69) is 38.7 Å². The minimum absolute atomic E-state index is 0.0103. The van der Waals surface area contributed by atoms with Gasteiger partial charge in [-0.05, 0) is 23.8 Å². The Kier molecular flexibility index (Phi) is 6.18. The molecular weight excluding hydrogens is 370 g/mol. The molecule has 0 amide bonds. The number of nitro benzene ring substituents is 1. The SMILES string of the molecule is O=[N+]([O-])c1ccc(NCCNCc2ccc(Br)cc2)c(Cl)c1. The number of nitrogens with zero attached hydrogens (tertiary/aromatic N) is 1. The van der Waals surface area contributed by atoms with Crippen LogP contribution < -0.4 is 10.6 Å². The first-order valence-electron chi connectivity index (χ1n) is 6.69. The molecule has 116 valence electrons. The summed E-state index contributed by atoms with van der Waals surface area (Å²) in [5, 5.41) is 17.4. The number of rotatable bonds is 7. The van der Waals surface area contributed by atoms with Gasteiger partial charge in [0.1, 0.15) is 0 Å². The Labute approximate surface area is 142 Å². The average Bonchev–Trinajstić information content (AvgIpc) is 2.50. The molecule has 0 unspecified atom stereocenters. The van der Waals surface area contributed by atoms with Crippen molar-refractivity contribution in [1.82, 2.24) is 5.32 Å². The van der Waals surface area contributed by atoms with Crippen molar-refractivity contribution in [3.8, 4) is 0 Å². The van der Waals surface area contributed by atoms with Crippen LogP contribution in [0, 0.1) is 10.1 Å². The molecule has 0 fully saturated rings. The van der Waals surface area contributed by atoms with Crippen molar-refractivity contribution in [3.63, 3.8) is 0 Å². The Morgan fingerprint density at radius 3 is 2.50 bits per heavy atom. The van der Waals surface area contributed by atoms with Gasteiger partial charge < -0.3 is 10.6 Å². The van der Waals surface area contributed by atoms with E-state index in [0.717, 1.165) is 17.6 Å². The Balaban J connectivity index is 1.74. The first-order valence-corrected chi connectivity index (χ1v) is 7.86. The van der Waals surface area contributed by atoms with Crippen molar-refractivity contribution in [1.29, 1.82) is 0 Å². The van der Waals surface area contributed by atoms with Gasteiger partial charge in [0.2, 0.25) is 0 Å². The van der Waals surface area contributed by atoms with Crippen LogP contribution >= 0.6 is 27.5 Å². The Morgan fingerprint density at radius 2 is 1.86 bits per heavy atom. The smallest absolute Gasteiger partial charge is 0.271 e. The molecule has 0 saturated carbocycles. The lowest BCUT2D eigenvalue weighted by Gasteiger charge is -2.09. The highest BCUT2D eigenvalue weighted by Gasteiger charge is 2.08. The van der Waals surface area contributed by atoms with Crippen LogP contribution in [0.2, 0.25) is 5.02 Å². The van der Waals surface area contributed by atoms with E-state index in [-0.39, 0.29) is 5.69 Å². The summed E-state index contributed by atoms with van der Waals surface area (Å²) in [4.78, 5) is 10.2. The van der Waals surface area contributed by atoms with Crippen molar-refractivity contribution in [3.05, 3.63) is 67.6 Å². The maximum absolute atomic E-state index is 10.6. The van der Waals surface area contributed by atoms with Crippen LogP contribution in [0.5, 0.6) is 0 Å². The van der Waals surface area contributed by atoms with Gasteiger partial charge in [-0.1, -0.05) is 39.7 Å². The van der Waals surface area contributed by atoms with Crippen molar-refractivity contribution >= 4 is 38.9 Å². The van der Waals surface area contributed by atoms with E-state index in [4.69, 9.17) is 11.6 Å². The molecule has 2 aromatic carbocycles. The fourth-order valence-corrected chi connectivity index (χ4v) is 2.39. The molecule has 0 aliphatic rings. The Morgan fingerprint density at radius 1 is 1.14 bits per heavy atom. The number of halogens is 2. The van der Waals surface area contributed by atoms with Crippen LogP contribution in [0.4, 0.5) is 11.4 Å². The van der Waals surface area contributed by atoms with Gasteiger partial charge in [-0.15, -0.1) is 0 Å². The zero-order valence-electron chi connectivity index (χ0n) is 11.7. The van der Waals surface area contributed by atoms with Gasteiger partial charge in [0.15, 0.2) is 0 Å². The van der Waals surface area contributed by atoms with Crippen molar-refractivity contribution in [2.45, 2.75) is 6.54 Å². The molecule has 0 heterocycles. The third-order valence-electron chi connectivity index (χ3n) is 3.02. The number of anilines is 1. The molecule has 2 aromatic rings. The van der Waals surface area contributed by atoms with Crippen LogP contribution in [0.25, 0.3) is 0 Å². The highest BCUT2D eigenvalue weighted by atomic mass is 79.9. The average molecular weight is 385 g/mol. The second-order valence-corrected chi connectivity index (χ2v) is 5.97. The van der Waals surface area contributed by atoms with E-state index >= 15 is 0 Å². The minimum atomic E-state index is -0.463. The molecule has 0 atom stereocenters. The topological polar surface area (TPSA) is 67.2 Å². The molecule has 0 spiro atoms. The fraction of sp³-hybridized carbons (Fsp3) is 0.200. The Hall–Kier alpha value is -1.63. The molecule has 0 bridgehead atoms. The summed E-state index contributed by atoms with van der Waals surface area (Å²) in [6.07, 6.45) is 0. The number of nitro groups is 1. The largest absolute Gasteiger partial charge is 0.383 e. The van der Waals surface area contributed by atoms with Gasteiger partial charge >= 0.3 is 0 Å². The van der Waals surface area contributed by atoms with Crippen LogP contribution in [0.1, 0.15) is 5.56 Å². The van der Waals surface area contributed by atoms with E-state index < -0.39 is 4.92 Å². The summed E-state index contributed by atoms with van der Waals surface area (Å²) in [6.45, 7) is 2.21. The molecule has 2 N–H and O–H groups in total. The predicted molar refractivity (Wildman–Crippen MR) is 92.4 cm³/mol. The summed E-state index contributed by atoms with van der Waals surface area (Å²) in [5.41, 5.74) is 1.89. The zero-order chi connectivity index (χ0) is 15.9. The van der Waals surface area contributed by atoms with E-state index in [1.165, 1.54) is 17.7 Å². The lowest BCUT2D eigenvalue weighted by Crippen LogP contribution is -2.21. The van der Waals surface area contributed by atoms with Crippen molar-refractivity contribution in [2.75, 3.05) is 18.4 Å². The third-order valence-corrected chi connectivity index (χ3v) is 3.86. The molecule has 7 heteroatoms. The summed E-state index contributed by atoms with van der Waals surface area (Å²) >= 11 is 9.41. The molecule has 0 saturated heterocycles. The standard InChI is InChI=1S/C15H15BrClN3O2/c16-12-3-1-11(2-4-12)10-18-7-8-19-15-6-5-13(20(21)22)9-14(15)17/h1-6,9,18-19H,7-8,10H2. The van der Waals surface area contributed by atoms with Gasteiger partial charge in [-0.25, -0.2) is 0 Å². The molecule has 2 rings (SSSR count). The van der Waals surface area contributed by atoms with Crippen LogP contribution in [0.3, 0.4) is 0 Å². The summed E-state index contributed by atoms with van der Waals surface area (Å²) in [5.74, 6) is 0. The van der Waals surface area contributed by atoms with E-state index in [0.29, 0.717) is 17.3 Å². The second-order valence-electron chi connectivity index (χ2n) is 4.65. The molecule has 0 aliphatic heterocycles. The third kappa shape index (κ3) is 4.98. The fourth-order valence-electron chi connectivity index (χ4n) is 1.88. The van der Waals surface area contributed by atoms with Crippen molar-refractivity contribution < 1.29 is 4.92 Å². The molecule has 22 heavy (non-hydrogen) atoms. The molecular formula is C15H15BrClN3O2. The second kappa shape index (κ2) is 8.12. The van der Waals surface area contributed by atoms with Gasteiger partial charge in [-0.3, -0.25) is 10.1 Å².